The molecule has 1 aromatic carbocycles. The first kappa shape index (κ1) is 18.9. The van der Waals surface area contributed by atoms with Gasteiger partial charge in [-0.05, 0) is 32.0 Å². The second-order valence-corrected chi connectivity index (χ2v) is 6.82. The number of halogens is 3. The van der Waals surface area contributed by atoms with Crippen LogP contribution in [-0.2, 0) is 21.0 Å². The summed E-state index contributed by atoms with van der Waals surface area (Å²) < 4.78 is 62.4. The highest BCUT2D eigenvalue weighted by molar-refractivity contribution is 7.92. The highest BCUT2D eigenvalue weighted by Gasteiger charge is 2.31. The van der Waals surface area contributed by atoms with Crippen LogP contribution in [0.1, 0.15) is 19.4 Å². The summed E-state index contributed by atoms with van der Waals surface area (Å²) in [7, 11) is -3.96. The zero-order valence-corrected chi connectivity index (χ0v) is 13.5. The standard InChI is InChI=1S/C13H16F3N3O3S/c1-9(2)17-18-12(20)8-19(23(3,21)22)11-6-4-5-10(7-11)13(14,15)16/h4-7H,8H2,1-3H3,(H,18,20). The molecule has 6 nitrogen and oxygen atoms in total. The summed E-state index contributed by atoms with van der Waals surface area (Å²) in [5.74, 6) is -0.769. The monoisotopic (exact) mass is 351 g/mol. The van der Waals surface area contributed by atoms with E-state index in [1.165, 1.54) is 6.07 Å². The highest BCUT2D eigenvalue weighted by atomic mass is 32.2. The molecule has 0 aromatic heterocycles. The molecular formula is C13H16F3N3O3S. The van der Waals surface area contributed by atoms with Gasteiger partial charge in [0, 0.05) is 5.71 Å². The molecule has 23 heavy (non-hydrogen) atoms. The number of carbonyl (C=O) groups excluding carboxylic acids is 1. The average Bonchev–Trinajstić information content (AvgIpc) is 2.40. The van der Waals surface area contributed by atoms with Gasteiger partial charge in [-0.3, -0.25) is 9.10 Å². The fourth-order valence-corrected chi connectivity index (χ4v) is 2.43. The van der Waals surface area contributed by atoms with Crippen molar-refractivity contribution in [3.05, 3.63) is 29.8 Å². The minimum atomic E-state index is -4.62. The maximum absolute atomic E-state index is 12.7. The summed E-state index contributed by atoms with van der Waals surface area (Å²) >= 11 is 0. The molecule has 1 N–H and O–H groups in total. The van der Waals surface area contributed by atoms with Crippen molar-refractivity contribution >= 4 is 27.3 Å². The lowest BCUT2D eigenvalue weighted by molar-refractivity contribution is -0.137. The molecule has 1 amide bonds. The second-order valence-electron chi connectivity index (χ2n) is 4.91. The Hall–Kier alpha value is -2.10. The topological polar surface area (TPSA) is 78.8 Å². The number of amides is 1. The molecule has 0 spiro atoms. The number of nitrogens with zero attached hydrogens (tertiary/aromatic N) is 2. The lowest BCUT2D eigenvalue weighted by Gasteiger charge is -2.22. The molecule has 0 heterocycles. The maximum Gasteiger partial charge on any atom is 0.416 e. The van der Waals surface area contributed by atoms with Crippen molar-refractivity contribution < 1.29 is 26.4 Å². The number of alkyl halides is 3. The fraction of sp³-hybridized carbons (Fsp3) is 0.385. The molecule has 1 aromatic rings. The summed E-state index contributed by atoms with van der Waals surface area (Å²) in [6, 6.07) is 3.73. The van der Waals surface area contributed by atoms with Crippen LogP contribution in [0.2, 0.25) is 0 Å². The molecule has 0 fully saturated rings. The van der Waals surface area contributed by atoms with Crippen LogP contribution in [0.4, 0.5) is 18.9 Å². The van der Waals surface area contributed by atoms with E-state index < -0.39 is 34.2 Å². The molecule has 0 saturated carbocycles. The van der Waals surface area contributed by atoms with E-state index in [1.54, 1.807) is 13.8 Å². The highest BCUT2D eigenvalue weighted by Crippen LogP contribution is 2.32. The van der Waals surface area contributed by atoms with E-state index in [4.69, 9.17) is 0 Å². The molecule has 1 rings (SSSR count). The van der Waals surface area contributed by atoms with Crippen molar-refractivity contribution in [1.82, 2.24) is 5.43 Å². The van der Waals surface area contributed by atoms with Gasteiger partial charge in [0.05, 0.1) is 17.5 Å². The maximum atomic E-state index is 12.7. The minimum Gasteiger partial charge on any atom is -0.271 e. The van der Waals surface area contributed by atoms with Gasteiger partial charge in [-0.2, -0.15) is 18.3 Å². The molecule has 10 heteroatoms. The number of nitrogens with one attached hydrogen (secondary N) is 1. The van der Waals surface area contributed by atoms with Crippen LogP contribution in [0.3, 0.4) is 0 Å². The molecular weight excluding hydrogens is 335 g/mol. The molecule has 0 unspecified atom stereocenters. The predicted octanol–water partition coefficient (Wildman–Crippen LogP) is 1.98. The van der Waals surface area contributed by atoms with Crippen LogP contribution in [0, 0.1) is 0 Å². The van der Waals surface area contributed by atoms with E-state index in [9.17, 15) is 26.4 Å². The summed E-state index contributed by atoms with van der Waals surface area (Å²) in [5, 5.41) is 3.63. The van der Waals surface area contributed by atoms with Crippen molar-refractivity contribution in [2.24, 2.45) is 5.10 Å². The van der Waals surface area contributed by atoms with Crippen molar-refractivity contribution in [1.29, 1.82) is 0 Å². The van der Waals surface area contributed by atoms with Gasteiger partial charge >= 0.3 is 6.18 Å². The van der Waals surface area contributed by atoms with Crippen LogP contribution in [0.25, 0.3) is 0 Å². The molecule has 0 saturated heterocycles. The van der Waals surface area contributed by atoms with Crippen LogP contribution in [0.5, 0.6) is 0 Å². The van der Waals surface area contributed by atoms with E-state index in [2.05, 4.69) is 10.5 Å². The van der Waals surface area contributed by atoms with Gasteiger partial charge in [-0.25, -0.2) is 13.8 Å². The zero-order valence-electron chi connectivity index (χ0n) is 12.7. The van der Waals surface area contributed by atoms with Gasteiger partial charge in [0.25, 0.3) is 5.91 Å². The van der Waals surface area contributed by atoms with Crippen LogP contribution < -0.4 is 9.73 Å². The molecule has 0 aliphatic heterocycles. The van der Waals surface area contributed by atoms with Crippen molar-refractivity contribution in [2.75, 3.05) is 17.1 Å². The summed E-state index contributed by atoms with van der Waals surface area (Å²) in [6.45, 7) is 2.54. The Morgan fingerprint density at radius 3 is 2.39 bits per heavy atom. The van der Waals surface area contributed by atoms with Crippen LogP contribution in [-0.4, -0.2) is 32.8 Å². The lowest BCUT2D eigenvalue weighted by Crippen LogP contribution is -2.39. The Bertz CT molecular complexity index is 711. The molecule has 0 aliphatic carbocycles. The van der Waals surface area contributed by atoms with Gasteiger partial charge in [0.2, 0.25) is 10.0 Å². The number of sulfonamides is 1. The third kappa shape index (κ3) is 5.89. The Balaban J connectivity index is 3.14. The summed E-state index contributed by atoms with van der Waals surface area (Å²) in [5.41, 5.74) is 1.39. The Morgan fingerprint density at radius 1 is 1.30 bits per heavy atom. The molecule has 0 bridgehead atoms. The molecule has 0 radical (unpaired) electrons. The SMILES string of the molecule is CC(C)=NNC(=O)CN(c1cccc(C(F)(F)F)c1)S(C)(=O)=O. The van der Waals surface area contributed by atoms with E-state index in [0.717, 1.165) is 18.4 Å². The number of anilines is 1. The Kier molecular flexibility index (Phi) is 5.75. The summed E-state index contributed by atoms with van der Waals surface area (Å²) in [6.07, 6.45) is -3.82. The molecule has 128 valence electrons. The van der Waals surface area contributed by atoms with Gasteiger partial charge < -0.3 is 0 Å². The Labute approximate surface area is 132 Å². The Morgan fingerprint density at radius 2 is 1.91 bits per heavy atom. The van der Waals surface area contributed by atoms with E-state index >= 15 is 0 Å². The zero-order chi connectivity index (χ0) is 17.8. The fourth-order valence-electron chi connectivity index (χ4n) is 1.58. The van der Waals surface area contributed by atoms with Crippen molar-refractivity contribution in [2.45, 2.75) is 20.0 Å². The number of carbonyl (C=O) groups is 1. The first-order valence-corrected chi connectivity index (χ1v) is 8.21. The van der Waals surface area contributed by atoms with Gasteiger partial charge in [-0.1, -0.05) is 6.07 Å². The third-order valence-electron chi connectivity index (χ3n) is 2.55. The normalized spacial score (nSPS) is 11.7. The number of rotatable bonds is 5. The third-order valence-corrected chi connectivity index (χ3v) is 3.69. The summed E-state index contributed by atoms with van der Waals surface area (Å²) in [4.78, 5) is 11.7. The lowest BCUT2D eigenvalue weighted by atomic mass is 10.2. The first-order valence-electron chi connectivity index (χ1n) is 6.36. The van der Waals surface area contributed by atoms with Gasteiger partial charge in [-0.15, -0.1) is 0 Å². The van der Waals surface area contributed by atoms with Crippen LogP contribution in [0.15, 0.2) is 29.4 Å². The van der Waals surface area contributed by atoms with E-state index in [-0.39, 0.29) is 5.69 Å². The smallest absolute Gasteiger partial charge is 0.271 e. The minimum absolute atomic E-state index is 0.255. The first-order chi connectivity index (χ1) is 10.4. The van der Waals surface area contributed by atoms with Crippen LogP contribution >= 0.6 is 0 Å². The van der Waals surface area contributed by atoms with E-state index in [0.29, 0.717) is 16.1 Å². The number of hydrogen-bond donors (Lipinski definition) is 1. The van der Waals surface area contributed by atoms with E-state index in [1.807, 2.05) is 0 Å². The van der Waals surface area contributed by atoms with Crippen molar-refractivity contribution in [3.8, 4) is 0 Å². The molecule has 0 atom stereocenters. The van der Waals surface area contributed by atoms with Gasteiger partial charge in [0.1, 0.15) is 6.54 Å². The average molecular weight is 351 g/mol. The number of hydrogen-bond acceptors (Lipinski definition) is 4. The quantitative estimate of drug-likeness (QED) is 0.651. The largest absolute Gasteiger partial charge is 0.416 e. The van der Waals surface area contributed by atoms with Crippen molar-refractivity contribution in [3.63, 3.8) is 0 Å². The second kappa shape index (κ2) is 6.99. The molecule has 0 aliphatic rings. The number of hydrazone groups is 1. The number of benzene rings is 1. The predicted molar refractivity (Wildman–Crippen MR) is 80.6 cm³/mol. The van der Waals surface area contributed by atoms with Gasteiger partial charge in [0.15, 0.2) is 0 Å².